The molecule has 0 saturated heterocycles. The van der Waals surface area contributed by atoms with Gasteiger partial charge in [-0.2, -0.15) is 0 Å². The third-order valence-electron chi connectivity index (χ3n) is 3.43. The van der Waals surface area contributed by atoms with Crippen LogP contribution in [-0.4, -0.2) is 26.0 Å². The first-order valence-electron chi connectivity index (χ1n) is 6.74. The van der Waals surface area contributed by atoms with E-state index in [4.69, 9.17) is 0 Å². The van der Waals surface area contributed by atoms with Crippen LogP contribution < -0.4 is 10.6 Å². The first-order chi connectivity index (χ1) is 7.83. The Balaban J connectivity index is 0.00000256. The Morgan fingerprint density at radius 3 is 2.53 bits per heavy atom. The van der Waals surface area contributed by atoms with Gasteiger partial charge in [0.05, 0.1) is 0 Å². The highest BCUT2D eigenvalue weighted by atomic mass is 35.5. The molecule has 0 atom stereocenters. The Kier molecular flexibility index (Phi) is 10.7. The molecule has 0 bridgehead atoms. The zero-order valence-electron chi connectivity index (χ0n) is 11.0. The molecule has 1 amide bonds. The number of amides is 1. The Hall–Kier alpha value is -0.280. The predicted molar refractivity (Wildman–Crippen MR) is 74.6 cm³/mol. The molecule has 102 valence electrons. The molecule has 0 aromatic rings. The van der Waals surface area contributed by atoms with Crippen LogP contribution in [-0.2, 0) is 4.79 Å². The Bertz CT molecular complexity index is 194. The molecule has 2 N–H and O–H groups in total. The van der Waals surface area contributed by atoms with Gasteiger partial charge in [0.15, 0.2) is 0 Å². The number of halogens is 1. The van der Waals surface area contributed by atoms with Gasteiger partial charge in [-0.1, -0.05) is 32.1 Å². The van der Waals surface area contributed by atoms with Crippen LogP contribution in [0.5, 0.6) is 0 Å². The molecule has 0 aromatic heterocycles. The fourth-order valence-electron chi connectivity index (χ4n) is 2.41. The van der Waals surface area contributed by atoms with E-state index in [0.29, 0.717) is 6.42 Å². The summed E-state index contributed by atoms with van der Waals surface area (Å²) in [6.45, 7) is 1.80. The van der Waals surface area contributed by atoms with E-state index in [1.807, 2.05) is 7.05 Å². The molecule has 0 aromatic carbocycles. The summed E-state index contributed by atoms with van der Waals surface area (Å²) in [5.74, 6) is 1.08. The van der Waals surface area contributed by atoms with Crippen LogP contribution in [0.25, 0.3) is 0 Å². The lowest BCUT2D eigenvalue weighted by atomic mass is 9.87. The number of carbonyl (C=O) groups excluding carboxylic acids is 1. The van der Waals surface area contributed by atoms with Crippen molar-refractivity contribution in [2.45, 2.75) is 51.4 Å². The van der Waals surface area contributed by atoms with Crippen molar-refractivity contribution in [3.8, 4) is 0 Å². The van der Waals surface area contributed by atoms with Crippen LogP contribution in [0.3, 0.4) is 0 Å². The van der Waals surface area contributed by atoms with Crippen molar-refractivity contribution in [2.75, 3.05) is 20.1 Å². The van der Waals surface area contributed by atoms with E-state index < -0.39 is 0 Å². The van der Waals surface area contributed by atoms with Crippen molar-refractivity contribution >= 4 is 18.3 Å². The first kappa shape index (κ1) is 16.7. The van der Waals surface area contributed by atoms with Gasteiger partial charge in [0.2, 0.25) is 5.91 Å². The normalized spacial score (nSPS) is 16.3. The summed E-state index contributed by atoms with van der Waals surface area (Å²) in [6, 6.07) is 0. The maximum absolute atomic E-state index is 11.4. The number of rotatable bonds is 7. The highest BCUT2D eigenvalue weighted by Gasteiger charge is 2.12. The molecule has 1 aliphatic rings. The summed E-state index contributed by atoms with van der Waals surface area (Å²) in [5, 5.41) is 6.07. The summed E-state index contributed by atoms with van der Waals surface area (Å²) >= 11 is 0. The molecule has 0 radical (unpaired) electrons. The molecule has 1 rings (SSSR count). The topological polar surface area (TPSA) is 41.1 Å². The average Bonchev–Trinajstić information content (AvgIpc) is 2.31. The monoisotopic (exact) mass is 262 g/mol. The maximum Gasteiger partial charge on any atom is 0.220 e. The maximum atomic E-state index is 11.4. The molecule has 1 fully saturated rings. The number of hydrogen-bond donors (Lipinski definition) is 2. The lowest BCUT2D eigenvalue weighted by Gasteiger charge is -2.21. The van der Waals surface area contributed by atoms with Gasteiger partial charge < -0.3 is 10.6 Å². The minimum Gasteiger partial charge on any atom is -0.356 e. The van der Waals surface area contributed by atoms with Crippen molar-refractivity contribution in [2.24, 2.45) is 5.92 Å². The highest BCUT2D eigenvalue weighted by Crippen LogP contribution is 2.25. The van der Waals surface area contributed by atoms with Crippen LogP contribution in [0.4, 0.5) is 0 Å². The quantitative estimate of drug-likeness (QED) is 0.692. The molecular formula is C13H27ClN2O. The molecule has 3 nitrogen and oxygen atoms in total. The van der Waals surface area contributed by atoms with Gasteiger partial charge in [0.1, 0.15) is 0 Å². The summed E-state index contributed by atoms with van der Waals surface area (Å²) in [5.41, 5.74) is 0. The molecule has 0 heterocycles. The van der Waals surface area contributed by atoms with Crippen LogP contribution in [0.1, 0.15) is 51.4 Å². The van der Waals surface area contributed by atoms with E-state index in [9.17, 15) is 4.79 Å². The van der Waals surface area contributed by atoms with Gasteiger partial charge in [0.25, 0.3) is 0 Å². The average molecular weight is 263 g/mol. The third-order valence-corrected chi connectivity index (χ3v) is 3.43. The molecule has 17 heavy (non-hydrogen) atoms. The molecule has 0 unspecified atom stereocenters. The van der Waals surface area contributed by atoms with Crippen LogP contribution in [0.2, 0.25) is 0 Å². The van der Waals surface area contributed by atoms with Crippen LogP contribution in [0, 0.1) is 5.92 Å². The second-order valence-electron chi connectivity index (χ2n) is 4.85. The lowest BCUT2D eigenvalue weighted by Crippen LogP contribution is -2.26. The zero-order chi connectivity index (χ0) is 11.6. The van der Waals surface area contributed by atoms with Gasteiger partial charge in [-0.25, -0.2) is 0 Å². The SMILES string of the molecule is CNCCCC(=O)NCCC1CCCCC1.Cl. The largest absolute Gasteiger partial charge is 0.356 e. The summed E-state index contributed by atoms with van der Waals surface area (Å²) in [7, 11) is 1.92. The zero-order valence-corrected chi connectivity index (χ0v) is 11.8. The highest BCUT2D eigenvalue weighted by molar-refractivity contribution is 5.85. The van der Waals surface area contributed by atoms with Gasteiger partial charge in [-0.05, 0) is 32.4 Å². The van der Waals surface area contributed by atoms with Crippen LogP contribution in [0.15, 0.2) is 0 Å². The molecule has 0 aliphatic heterocycles. The third kappa shape index (κ3) is 8.44. The van der Waals surface area contributed by atoms with E-state index in [1.54, 1.807) is 0 Å². The Labute approximate surface area is 112 Å². The van der Waals surface area contributed by atoms with E-state index in [2.05, 4.69) is 10.6 Å². The van der Waals surface area contributed by atoms with Crippen LogP contribution >= 0.6 is 12.4 Å². The van der Waals surface area contributed by atoms with Crippen molar-refractivity contribution in [1.29, 1.82) is 0 Å². The van der Waals surface area contributed by atoms with E-state index in [0.717, 1.165) is 25.4 Å². The summed E-state index contributed by atoms with van der Waals surface area (Å²) in [6.07, 6.45) is 9.70. The fourth-order valence-corrected chi connectivity index (χ4v) is 2.41. The van der Waals surface area contributed by atoms with Gasteiger partial charge in [-0.15, -0.1) is 12.4 Å². The van der Waals surface area contributed by atoms with Gasteiger partial charge in [0, 0.05) is 13.0 Å². The molecule has 4 heteroatoms. The smallest absolute Gasteiger partial charge is 0.220 e. The second kappa shape index (κ2) is 10.8. The number of nitrogens with one attached hydrogen (secondary N) is 2. The Morgan fingerprint density at radius 1 is 1.18 bits per heavy atom. The van der Waals surface area contributed by atoms with Crippen molar-refractivity contribution in [1.82, 2.24) is 10.6 Å². The molecule has 1 aliphatic carbocycles. The van der Waals surface area contributed by atoms with Gasteiger partial charge in [-0.3, -0.25) is 4.79 Å². The predicted octanol–water partition coefficient (Wildman–Crippen LogP) is 2.49. The molecule has 1 saturated carbocycles. The Morgan fingerprint density at radius 2 is 1.88 bits per heavy atom. The molecule has 0 spiro atoms. The first-order valence-corrected chi connectivity index (χ1v) is 6.74. The lowest BCUT2D eigenvalue weighted by molar-refractivity contribution is -0.121. The standard InChI is InChI=1S/C13H26N2O.ClH/c1-14-10-5-8-13(16)15-11-9-12-6-3-2-4-7-12;/h12,14H,2-11H2,1H3,(H,15,16);1H. The molecular weight excluding hydrogens is 236 g/mol. The number of carbonyl (C=O) groups is 1. The summed E-state index contributed by atoms with van der Waals surface area (Å²) < 4.78 is 0. The van der Waals surface area contributed by atoms with Gasteiger partial charge >= 0.3 is 0 Å². The second-order valence-corrected chi connectivity index (χ2v) is 4.85. The van der Waals surface area contributed by atoms with Crippen molar-refractivity contribution in [3.63, 3.8) is 0 Å². The van der Waals surface area contributed by atoms with E-state index in [1.165, 1.54) is 38.5 Å². The van der Waals surface area contributed by atoms with E-state index in [-0.39, 0.29) is 18.3 Å². The number of hydrogen-bond acceptors (Lipinski definition) is 2. The minimum absolute atomic E-state index is 0. The summed E-state index contributed by atoms with van der Waals surface area (Å²) in [4.78, 5) is 11.4. The van der Waals surface area contributed by atoms with Crippen molar-refractivity contribution < 1.29 is 4.79 Å². The fraction of sp³-hybridized carbons (Fsp3) is 0.923. The van der Waals surface area contributed by atoms with Crippen molar-refractivity contribution in [3.05, 3.63) is 0 Å². The minimum atomic E-state index is 0. The van der Waals surface area contributed by atoms with E-state index >= 15 is 0 Å².